The summed E-state index contributed by atoms with van der Waals surface area (Å²) in [6.07, 6.45) is -5.13. The fourth-order valence-electron chi connectivity index (χ4n) is 2.80. The first-order valence-electron chi connectivity index (χ1n) is 6.91. The summed E-state index contributed by atoms with van der Waals surface area (Å²) < 4.78 is 40.9. The second-order valence-electron chi connectivity index (χ2n) is 5.64. The number of hydrazine groups is 1. The zero-order valence-electron chi connectivity index (χ0n) is 12.4. The van der Waals surface area contributed by atoms with E-state index < -0.39 is 23.9 Å². The number of hydrogen-bond acceptors (Lipinski definition) is 5. The molecule has 0 saturated carbocycles. The molecule has 2 heterocycles. The van der Waals surface area contributed by atoms with E-state index in [0.717, 1.165) is 6.20 Å². The lowest BCUT2D eigenvalue weighted by Crippen LogP contribution is -2.55. The molecule has 1 aliphatic heterocycles. The Morgan fingerprint density at radius 1 is 1.57 bits per heavy atom. The third-order valence-corrected chi connectivity index (χ3v) is 3.95. The van der Waals surface area contributed by atoms with E-state index in [0.29, 0.717) is 17.9 Å². The van der Waals surface area contributed by atoms with Gasteiger partial charge in [-0.2, -0.15) is 13.2 Å². The molecular formula is C13H18F3N5O2. The molecule has 0 aromatic carbocycles. The van der Waals surface area contributed by atoms with Crippen LogP contribution in [0.15, 0.2) is 18.3 Å². The average molecular weight is 333 g/mol. The fourth-order valence-corrected chi connectivity index (χ4v) is 2.80. The number of nitrogens with two attached hydrogens (primary N) is 1. The second kappa shape index (κ2) is 6.20. The molecule has 1 aromatic heterocycles. The lowest BCUT2D eigenvalue weighted by atomic mass is 9.94. The third kappa shape index (κ3) is 3.48. The molecule has 0 unspecified atom stereocenters. The van der Waals surface area contributed by atoms with Gasteiger partial charge in [-0.1, -0.05) is 6.07 Å². The van der Waals surface area contributed by atoms with Gasteiger partial charge in [0, 0.05) is 18.3 Å². The molecule has 1 aliphatic rings. The lowest BCUT2D eigenvalue weighted by molar-refractivity contribution is -0.192. The molecule has 7 nitrogen and oxygen atoms in total. The number of hydrogen-bond donors (Lipinski definition) is 4. The van der Waals surface area contributed by atoms with Gasteiger partial charge in [0.15, 0.2) is 6.04 Å². The summed E-state index contributed by atoms with van der Waals surface area (Å²) in [6, 6.07) is 0.134. The number of pyridine rings is 1. The first kappa shape index (κ1) is 17.3. The smallest absolute Gasteiger partial charge is 0.413 e. The number of anilines is 1. The van der Waals surface area contributed by atoms with Crippen LogP contribution in [0.2, 0.25) is 0 Å². The maximum atomic E-state index is 13.6. The Morgan fingerprint density at radius 3 is 2.65 bits per heavy atom. The van der Waals surface area contributed by atoms with Crippen LogP contribution in [0.25, 0.3) is 0 Å². The predicted molar refractivity (Wildman–Crippen MR) is 76.6 cm³/mol. The minimum atomic E-state index is -4.77. The number of rotatable bonds is 4. The van der Waals surface area contributed by atoms with Gasteiger partial charge in [0.1, 0.15) is 5.82 Å². The van der Waals surface area contributed by atoms with Crippen LogP contribution < -0.4 is 16.6 Å². The number of amides is 1. The molecule has 0 spiro atoms. The molecule has 1 fully saturated rings. The zero-order valence-corrected chi connectivity index (χ0v) is 12.4. The van der Waals surface area contributed by atoms with Crippen LogP contribution in [0.1, 0.15) is 24.9 Å². The van der Waals surface area contributed by atoms with Gasteiger partial charge in [-0.25, -0.2) is 15.6 Å². The predicted octanol–water partition coefficient (Wildman–Crippen LogP) is 1.70. The van der Waals surface area contributed by atoms with Crippen molar-refractivity contribution < 1.29 is 23.1 Å². The van der Waals surface area contributed by atoms with Gasteiger partial charge >= 0.3 is 12.3 Å². The van der Waals surface area contributed by atoms with E-state index in [4.69, 9.17) is 5.84 Å². The molecule has 23 heavy (non-hydrogen) atoms. The van der Waals surface area contributed by atoms with E-state index in [1.165, 1.54) is 19.1 Å². The summed E-state index contributed by atoms with van der Waals surface area (Å²) in [4.78, 5) is 15.8. The highest BCUT2D eigenvalue weighted by atomic mass is 19.4. The maximum Gasteiger partial charge on any atom is 0.413 e. The summed E-state index contributed by atoms with van der Waals surface area (Å²) in [7, 11) is 0. The summed E-state index contributed by atoms with van der Waals surface area (Å²) in [5.41, 5.74) is 0.801. The highest BCUT2D eigenvalue weighted by Crippen LogP contribution is 2.42. The number of carbonyl (C=O) groups is 1. The van der Waals surface area contributed by atoms with E-state index in [1.54, 1.807) is 0 Å². The monoisotopic (exact) mass is 333 g/mol. The molecule has 0 aliphatic carbocycles. The van der Waals surface area contributed by atoms with Crippen LogP contribution in [0, 0.1) is 0 Å². The lowest BCUT2D eigenvalue weighted by Gasteiger charge is -2.42. The van der Waals surface area contributed by atoms with Crippen LogP contribution in [0.3, 0.4) is 0 Å². The minimum Gasteiger partial charge on any atom is -0.465 e. The number of alkyl halides is 3. The Balaban J connectivity index is 2.48. The normalized spacial score (nSPS) is 22.7. The topological polar surface area (TPSA) is 104 Å². The average Bonchev–Trinajstić information content (AvgIpc) is 2.90. The number of carboxylic acid groups (broad SMARTS) is 1. The SMILES string of the molecule is C[C@]1(N(C(=O)O)[C@@H](c2ccc(NN)nc2)C(F)(F)F)CCNC1. The Bertz CT molecular complexity index is 558. The summed E-state index contributed by atoms with van der Waals surface area (Å²) in [5, 5.41) is 12.3. The van der Waals surface area contributed by atoms with Crippen molar-refractivity contribution >= 4 is 11.9 Å². The molecule has 1 aromatic rings. The van der Waals surface area contributed by atoms with E-state index in [2.05, 4.69) is 15.7 Å². The van der Waals surface area contributed by atoms with E-state index in [9.17, 15) is 23.1 Å². The van der Waals surface area contributed by atoms with Gasteiger partial charge in [0.25, 0.3) is 0 Å². The summed E-state index contributed by atoms with van der Waals surface area (Å²) in [6.45, 7) is 2.12. The summed E-state index contributed by atoms with van der Waals surface area (Å²) in [5.74, 6) is 5.33. The van der Waals surface area contributed by atoms with E-state index in [-0.39, 0.29) is 17.9 Å². The number of halogens is 3. The van der Waals surface area contributed by atoms with Crippen molar-refractivity contribution in [3.05, 3.63) is 23.9 Å². The van der Waals surface area contributed by atoms with E-state index in [1.807, 2.05) is 0 Å². The fraction of sp³-hybridized carbons (Fsp3) is 0.538. The van der Waals surface area contributed by atoms with Crippen molar-refractivity contribution in [2.75, 3.05) is 18.5 Å². The Hall–Kier alpha value is -2.07. The van der Waals surface area contributed by atoms with Gasteiger partial charge in [-0.3, -0.25) is 4.90 Å². The van der Waals surface area contributed by atoms with Crippen molar-refractivity contribution in [2.24, 2.45) is 5.84 Å². The quantitative estimate of drug-likeness (QED) is 0.494. The Kier molecular flexibility index (Phi) is 4.66. The molecule has 0 radical (unpaired) electrons. The number of nitrogens with one attached hydrogen (secondary N) is 2. The highest BCUT2D eigenvalue weighted by molar-refractivity contribution is 5.67. The van der Waals surface area contributed by atoms with Crippen molar-refractivity contribution in [3.63, 3.8) is 0 Å². The van der Waals surface area contributed by atoms with Gasteiger partial charge in [0.05, 0.1) is 5.54 Å². The van der Waals surface area contributed by atoms with Gasteiger partial charge in [0.2, 0.25) is 0 Å². The molecule has 0 bridgehead atoms. The molecular weight excluding hydrogens is 315 g/mol. The number of nitrogen functional groups attached to an aromatic ring is 1. The van der Waals surface area contributed by atoms with Crippen molar-refractivity contribution in [1.29, 1.82) is 0 Å². The summed E-state index contributed by atoms with van der Waals surface area (Å²) >= 11 is 0. The van der Waals surface area contributed by atoms with Gasteiger partial charge < -0.3 is 15.8 Å². The third-order valence-electron chi connectivity index (χ3n) is 3.95. The van der Waals surface area contributed by atoms with Crippen molar-refractivity contribution in [1.82, 2.24) is 15.2 Å². The molecule has 128 valence electrons. The first-order chi connectivity index (χ1) is 10.7. The van der Waals surface area contributed by atoms with Crippen LogP contribution >= 0.6 is 0 Å². The van der Waals surface area contributed by atoms with Crippen LogP contribution in [0.5, 0.6) is 0 Å². The number of nitrogens with zero attached hydrogens (tertiary/aromatic N) is 2. The molecule has 1 amide bonds. The molecule has 2 rings (SSSR count). The highest BCUT2D eigenvalue weighted by Gasteiger charge is 2.53. The molecule has 10 heteroatoms. The standard InChI is InChI=1S/C13H18F3N5O2/c1-12(4-5-18-7-12)21(11(22)23)10(13(14,15)16)8-2-3-9(20-17)19-6-8/h2-3,6,10,18H,4-5,7,17H2,1H3,(H,19,20)(H,22,23)/t10-,12-/m0/s1. The van der Waals surface area contributed by atoms with Crippen LogP contribution in [-0.2, 0) is 0 Å². The molecule has 1 saturated heterocycles. The number of aromatic nitrogens is 1. The van der Waals surface area contributed by atoms with Crippen molar-refractivity contribution in [2.45, 2.75) is 31.1 Å². The van der Waals surface area contributed by atoms with E-state index >= 15 is 0 Å². The zero-order chi connectivity index (χ0) is 17.3. The van der Waals surface area contributed by atoms with Crippen LogP contribution in [-0.4, -0.2) is 45.9 Å². The van der Waals surface area contributed by atoms with Crippen molar-refractivity contribution in [3.8, 4) is 0 Å². The largest absolute Gasteiger partial charge is 0.465 e. The molecule has 5 N–H and O–H groups in total. The Labute approximate surface area is 130 Å². The Morgan fingerprint density at radius 2 is 2.26 bits per heavy atom. The molecule has 2 atom stereocenters. The van der Waals surface area contributed by atoms with Gasteiger partial charge in [-0.05, 0) is 26.0 Å². The minimum absolute atomic E-state index is 0.155. The van der Waals surface area contributed by atoms with Gasteiger partial charge in [-0.15, -0.1) is 0 Å². The second-order valence-corrected chi connectivity index (χ2v) is 5.64. The van der Waals surface area contributed by atoms with Crippen LogP contribution in [0.4, 0.5) is 23.8 Å². The maximum absolute atomic E-state index is 13.6. The first-order valence-corrected chi connectivity index (χ1v) is 6.91.